The van der Waals surface area contributed by atoms with Gasteiger partial charge >= 0.3 is 0 Å². The third-order valence-electron chi connectivity index (χ3n) is 3.26. The molecule has 1 rings (SSSR count). The number of rotatable bonds is 8. The Morgan fingerprint density at radius 2 is 2.00 bits per heavy atom. The van der Waals surface area contributed by atoms with E-state index in [-0.39, 0.29) is 11.9 Å². The molecule has 0 fully saturated rings. The highest BCUT2D eigenvalue weighted by molar-refractivity contribution is 5.76. The maximum absolute atomic E-state index is 11.9. The minimum Gasteiger partial charge on any atom is -0.352 e. The number of nitrogens with zero attached hydrogens (tertiary/aromatic N) is 2. The normalized spacial score (nSPS) is 12.9. The van der Waals surface area contributed by atoms with Gasteiger partial charge in [-0.1, -0.05) is 27.7 Å². The summed E-state index contributed by atoms with van der Waals surface area (Å²) in [5, 5.41) is 6.33. The van der Waals surface area contributed by atoms with Crippen molar-refractivity contribution in [2.45, 2.75) is 53.8 Å². The van der Waals surface area contributed by atoms with Crippen LogP contribution in [-0.2, 0) is 17.9 Å². The second-order valence-corrected chi connectivity index (χ2v) is 6.16. The molecule has 0 saturated heterocycles. The van der Waals surface area contributed by atoms with Gasteiger partial charge < -0.3 is 15.2 Å². The molecule has 0 aliphatic heterocycles. The molecule has 1 amide bonds. The van der Waals surface area contributed by atoms with Crippen molar-refractivity contribution in [1.29, 1.82) is 0 Å². The molecular formula is C15H28N4O. The van der Waals surface area contributed by atoms with Crippen LogP contribution in [0, 0.1) is 11.8 Å². The van der Waals surface area contributed by atoms with Crippen molar-refractivity contribution in [2.75, 3.05) is 6.54 Å². The van der Waals surface area contributed by atoms with Crippen molar-refractivity contribution < 1.29 is 4.79 Å². The number of carbonyl (C=O) groups is 1. The first-order valence-corrected chi connectivity index (χ1v) is 7.39. The molecule has 1 aromatic rings. The minimum atomic E-state index is 0.0327. The Kier molecular flexibility index (Phi) is 6.71. The second kappa shape index (κ2) is 8.04. The number of nitrogens with one attached hydrogen (secondary N) is 2. The van der Waals surface area contributed by atoms with E-state index in [1.165, 1.54) is 0 Å². The predicted octanol–water partition coefficient (Wildman–Crippen LogP) is 1.79. The van der Waals surface area contributed by atoms with Crippen molar-refractivity contribution in [1.82, 2.24) is 20.2 Å². The smallest absolute Gasteiger partial charge is 0.240 e. The number of amides is 1. The lowest BCUT2D eigenvalue weighted by Crippen LogP contribution is -2.37. The minimum absolute atomic E-state index is 0.0327. The molecule has 5 nitrogen and oxygen atoms in total. The summed E-state index contributed by atoms with van der Waals surface area (Å²) >= 11 is 0. The van der Waals surface area contributed by atoms with Gasteiger partial charge in [-0.25, -0.2) is 4.98 Å². The molecule has 0 aliphatic rings. The first-order chi connectivity index (χ1) is 9.38. The van der Waals surface area contributed by atoms with E-state index in [2.05, 4.69) is 43.3 Å². The monoisotopic (exact) mass is 280 g/mol. The van der Waals surface area contributed by atoms with Gasteiger partial charge in [0, 0.05) is 18.8 Å². The molecule has 1 heterocycles. The van der Waals surface area contributed by atoms with E-state index >= 15 is 0 Å². The number of imidazole rings is 1. The number of hydrogen-bond acceptors (Lipinski definition) is 3. The van der Waals surface area contributed by atoms with Gasteiger partial charge in [-0.3, -0.25) is 4.79 Å². The lowest BCUT2D eigenvalue weighted by molar-refractivity contribution is -0.122. The molecule has 1 aromatic heterocycles. The summed E-state index contributed by atoms with van der Waals surface area (Å²) in [4.78, 5) is 16.2. The SMILES string of the molecule is CC(C)CNCc1cn(CC(=O)NC(C)C(C)C)cn1. The Labute approximate surface area is 122 Å². The van der Waals surface area contributed by atoms with E-state index in [0.29, 0.717) is 18.4 Å². The highest BCUT2D eigenvalue weighted by atomic mass is 16.2. The number of carbonyl (C=O) groups excluding carboxylic acids is 1. The molecule has 0 aromatic carbocycles. The third-order valence-corrected chi connectivity index (χ3v) is 3.26. The molecule has 0 bridgehead atoms. The number of aromatic nitrogens is 2. The highest BCUT2D eigenvalue weighted by Crippen LogP contribution is 2.01. The van der Waals surface area contributed by atoms with Crippen LogP contribution in [0.3, 0.4) is 0 Å². The van der Waals surface area contributed by atoms with Crippen LogP contribution in [-0.4, -0.2) is 28.0 Å². The van der Waals surface area contributed by atoms with Crippen LogP contribution in [0.4, 0.5) is 0 Å². The average molecular weight is 280 g/mol. The molecule has 114 valence electrons. The van der Waals surface area contributed by atoms with Crippen LogP contribution in [0.1, 0.15) is 40.3 Å². The second-order valence-electron chi connectivity index (χ2n) is 6.16. The maximum atomic E-state index is 11.9. The molecule has 0 saturated carbocycles. The molecule has 1 atom stereocenters. The molecular weight excluding hydrogens is 252 g/mol. The summed E-state index contributed by atoms with van der Waals surface area (Å²) in [6.07, 6.45) is 3.64. The fraction of sp³-hybridized carbons (Fsp3) is 0.733. The van der Waals surface area contributed by atoms with Gasteiger partial charge in [0.15, 0.2) is 0 Å². The van der Waals surface area contributed by atoms with Gasteiger partial charge in [0.05, 0.1) is 12.0 Å². The van der Waals surface area contributed by atoms with E-state index in [9.17, 15) is 4.79 Å². The first kappa shape index (κ1) is 16.7. The van der Waals surface area contributed by atoms with Crippen molar-refractivity contribution in [3.8, 4) is 0 Å². The standard InChI is InChI=1S/C15H28N4O/c1-11(2)6-16-7-14-8-19(10-17-14)9-15(20)18-13(5)12(3)4/h8,10-13,16H,6-7,9H2,1-5H3,(H,18,20). The fourth-order valence-electron chi connectivity index (χ4n) is 1.71. The molecule has 2 N–H and O–H groups in total. The summed E-state index contributed by atoms with van der Waals surface area (Å²) in [5.74, 6) is 1.10. The quantitative estimate of drug-likeness (QED) is 0.763. The van der Waals surface area contributed by atoms with Crippen molar-refractivity contribution in [3.05, 3.63) is 18.2 Å². The van der Waals surface area contributed by atoms with Gasteiger partial charge in [-0.2, -0.15) is 0 Å². The van der Waals surface area contributed by atoms with E-state index in [4.69, 9.17) is 0 Å². The van der Waals surface area contributed by atoms with Crippen LogP contribution in [0.2, 0.25) is 0 Å². The third kappa shape index (κ3) is 6.19. The van der Waals surface area contributed by atoms with Crippen LogP contribution in [0.5, 0.6) is 0 Å². The van der Waals surface area contributed by atoms with Crippen LogP contribution in [0.15, 0.2) is 12.5 Å². The van der Waals surface area contributed by atoms with Gasteiger partial charge in [-0.05, 0) is 25.3 Å². The largest absolute Gasteiger partial charge is 0.352 e. The Morgan fingerprint density at radius 3 is 2.60 bits per heavy atom. The predicted molar refractivity (Wildman–Crippen MR) is 81.2 cm³/mol. The van der Waals surface area contributed by atoms with E-state index < -0.39 is 0 Å². The Morgan fingerprint density at radius 1 is 1.30 bits per heavy atom. The molecule has 1 unspecified atom stereocenters. The van der Waals surface area contributed by atoms with Gasteiger partial charge in [0.25, 0.3) is 0 Å². The molecule has 20 heavy (non-hydrogen) atoms. The van der Waals surface area contributed by atoms with Gasteiger partial charge in [0.2, 0.25) is 5.91 Å². The fourth-order valence-corrected chi connectivity index (χ4v) is 1.71. The average Bonchev–Trinajstić information content (AvgIpc) is 2.75. The summed E-state index contributed by atoms with van der Waals surface area (Å²) in [6, 6.07) is 0.193. The summed E-state index contributed by atoms with van der Waals surface area (Å²) in [7, 11) is 0. The van der Waals surface area contributed by atoms with Gasteiger partial charge in [0.1, 0.15) is 6.54 Å². The summed E-state index contributed by atoms with van der Waals surface area (Å²) in [5.41, 5.74) is 0.968. The lowest BCUT2D eigenvalue weighted by Gasteiger charge is -2.17. The molecule has 5 heteroatoms. The zero-order chi connectivity index (χ0) is 15.1. The van der Waals surface area contributed by atoms with E-state index in [1.54, 1.807) is 6.33 Å². The topological polar surface area (TPSA) is 59.0 Å². The molecule has 0 spiro atoms. The van der Waals surface area contributed by atoms with Gasteiger partial charge in [-0.15, -0.1) is 0 Å². The zero-order valence-electron chi connectivity index (χ0n) is 13.3. The summed E-state index contributed by atoms with van der Waals surface area (Å²) in [6.45, 7) is 12.6. The van der Waals surface area contributed by atoms with Crippen molar-refractivity contribution >= 4 is 5.91 Å². The first-order valence-electron chi connectivity index (χ1n) is 7.39. The summed E-state index contributed by atoms with van der Waals surface area (Å²) < 4.78 is 1.83. The van der Waals surface area contributed by atoms with E-state index in [1.807, 2.05) is 17.7 Å². The maximum Gasteiger partial charge on any atom is 0.240 e. The van der Waals surface area contributed by atoms with Crippen molar-refractivity contribution in [3.63, 3.8) is 0 Å². The van der Waals surface area contributed by atoms with Crippen LogP contribution in [0.25, 0.3) is 0 Å². The van der Waals surface area contributed by atoms with Crippen LogP contribution >= 0.6 is 0 Å². The number of hydrogen-bond donors (Lipinski definition) is 2. The Hall–Kier alpha value is -1.36. The van der Waals surface area contributed by atoms with Crippen molar-refractivity contribution in [2.24, 2.45) is 11.8 Å². The molecule has 0 aliphatic carbocycles. The molecule has 0 radical (unpaired) electrons. The lowest BCUT2D eigenvalue weighted by atomic mass is 10.1. The van der Waals surface area contributed by atoms with Crippen LogP contribution < -0.4 is 10.6 Å². The Balaban J connectivity index is 2.37. The Bertz CT molecular complexity index is 412. The van der Waals surface area contributed by atoms with E-state index in [0.717, 1.165) is 18.8 Å². The zero-order valence-corrected chi connectivity index (χ0v) is 13.3. The highest BCUT2D eigenvalue weighted by Gasteiger charge is 2.11.